The van der Waals surface area contributed by atoms with E-state index in [1.165, 1.54) is 0 Å². The van der Waals surface area contributed by atoms with Gasteiger partial charge in [0.2, 0.25) is 10.0 Å². The first-order valence-corrected chi connectivity index (χ1v) is 13.7. The highest BCUT2D eigenvalue weighted by Crippen LogP contribution is 2.38. The lowest BCUT2D eigenvalue weighted by atomic mass is 9.81. The third-order valence-corrected chi connectivity index (χ3v) is 9.12. The van der Waals surface area contributed by atoms with Gasteiger partial charge in [0.05, 0.1) is 30.6 Å². The van der Waals surface area contributed by atoms with Crippen LogP contribution in [-0.2, 0) is 19.5 Å². The number of sulfonamides is 1. The van der Waals surface area contributed by atoms with E-state index in [0.717, 1.165) is 55.3 Å². The molecule has 1 atom stereocenters. The molecular weight excluding hydrogens is 454 g/mol. The van der Waals surface area contributed by atoms with E-state index in [0.29, 0.717) is 37.8 Å². The lowest BCUT2D eigenvalue weighted by Crippen LogP contribution is -2.45. The van der Waals surface area contributed by atoms with E-state index in [-0.39, 0.29) is 17.8 Å². The molecule has 2 fully saturated rings. The fourth-order valence-electron chi connectivity index (χ4n) is 5.33. The summed E-state index contributed by atoms with van der Waals surface area (Å²) in [5, 5.41) is 10.1. The number of nitriles is 1. The molecule has 9 nitrogen and oxygen atoms in total. The molecule has 0 amide bonds. The number of nitrogens with one attached hydrogen (secondary N) is 1. The maximum absolute atomic E-state index is 13.2. The largest absolute Gasteiger partial charge is 0.382 e. The number of aromatic nitrogens is 2. The van der Waals surface area contributed by atoms with Gasteiger partial charge in [-0.1, -0.05) is 0 Å². The first kappa shape index (κ1) is 24.9. The third-order valence-electron chi connectivity index (χ3n) is 7.11. The monoisotopic (exact) mass is 489 g/mol. The molecule has 1 N–H and O–H groups in total. The molecule has 186 valence electrons. The Morgan fingerprint density at radius 1 is 1.21 bits per heavy atom. The van der Waals surface area contributed by atoms with Crippen molar-refractivity contribution in [2.75, 3.05) is 51.6 Å². The molecule has 34 heavy (non-hydrogen) atoms. The quantitative estimate of drug-likeness (QED) is 0.540. The first-order valence-electron chi connectivity index (χ1n) is 12.1. The van der Waals surface area contributed by atoms with Crippen LogP contribution >= 0.6 is 0 Å². The molecule has 10 heteroatoms. The standard InChI is InChI=1S/C24H35N5O4S/c1-26-29-23(13-21-12-19(14-25)15-27-24(21)29)20-7-5-18(6-8-20)17-34(30,31)28-9-3-4-22(16-28)33-11-10-32-2/h12-13,15,18,20,22,26H,3-11,16-17H2,1-2H3. The maximum Gasteiger partial charge on any atom is 0.214 e. The topological polar surface area (TPSA) is 109 Å². The van der Waals surface area contributed by atoms with Gasteiger partial charge in [-0.05, 0) is 56.6 Å². The van der Waals surface area contributed by atoms with Crippen LogP contribution in [0.1, 0.15) is 55.7 Å². The SMILES string of the molecule is CNn1c(C2CCC(CS(=O)(=O)N3CCCC(OCCOC)C3)CC2)cc2cc(C#N)cnc21. The van der Waals surface area contributed by atoms with Crippen LogP contribution in [0.3, 0.4) is 0 Å². The number of fused-ring (bicyclic) bond motifs is 1. The van der Waals surface area contributed by atoms with Crippen LogP contribution in [0.25, 0.3) is 11.0 Å². The summed E-state index contributed by atoms with van der Waals surface area (Å²) in [7, 11) is 0.196. The molecule has 0 radical (unpaired) electrons. The van der Waals surface area contributed by atoms with Crippen LogP contribution in [-0.4, -0.2) is 74.7 Å². The number of piperidine rings is 1. The van der Waals surface area contributed by atoms with Gasteiger partial charge in [-0.15, -0.1) is 0 Å². The molecular formula is C24H35N5O4S. The Morgan fingerprint density at radius 2 is 2.00 bits per heavy atom. The van der Waals surface area contributed by atoms with Gasteiger partial charge in [-0.3, -0.25) is 0 Å². The van der Waals surface area contributed by atoms with Gasteiger partial charge in [0.25, 0.3) is 0 Å². The molecule has 2 aromatic heterocycles. The number of nitrogens with zero attached hydrogens (tertiary/aromatic N) is 4. The van der Waals surface area contributed by atoms with Crippen molar-refractivity contribution < 1.29 is 17.9 Å². The number of hydrogen-bond acceptors (Lipinski definition) is 7. The van der Waals surface area contributed by atoms with E-state index in [1.54, 1.807) is 17.6 Å². The fourth-order valence-corrected chi connectivity index (χ4v) is 7.27. The highest BCUT2D eigenvalue weighted by molar-refractivity contribution is 7.89. The molecule has 1 aliphatic heterocycles. The molecule has 0 aromatic carbocycles. The summed E-state index contributed by atoms with van der Waals surface area (Å²) < 4.78 is 40.8. The number of methoxy groups -OCH3 is 1. The summed E-state index contributed by atoms with van der Waals surface area (Å²) in [6.07, 6.45) is 6.91. The fraction of sp³-hybridized carbons (Fsp3) is 0.667. The molecule has 4 rings (SSSR count). The summed E-state index contributed by atoms with van der Waals surface area (Å²) in [6.45, 7) is 2.05. The molecule has 1 saturated heterocycles. The van der Waals surface area contributed by atoms with Crippen LogP contribution in [0, 0.1) is 17.2 Å². The first-order chi connectivity index (χ1) is 16.4. The van der Waals surface area contributed by atoms with Crippen LogP contribution in [0.2, 0.25) is 0 Å². The van der Waals surface area contributed by atoms with Crippen LogP contribution in [0.5, 0.6) is 0 Å². The van der Waals surface area contributed by atoms with Crippen molar-refractivity contribution in [1.82, 2.24) is 14.0 Å². The van der Waals surface area contributed by atoms with Gasteiger partial charge in [-0.25, -0.2) is 18.1 Å². The Bertz CT molecular complexity index is 1120. The Labute approximate surface area is 202 Å². The normalized spacial score (nSPS) is 24.2. The second-order valence-corrected chi connectivity index (χ2v) is 11.4. The Kier molecular flexibility index (Phi) is 8.09. The lowest BCUT2D eigenvalue weighted by molar-refractivity contribution is -0.00658. The van der Waals surface area contributed by atoms with Crippen LogP contribution in [0.4, 0.5) is 0 Å². The van der Waals surface area contributed by atoms with E-state index in [1.807, 2.05) is 17.8 Å². The number of pyridine rings is 1. The van der Waals surface area contributed by atoms with Gasteiger partial charge in [0.1, 0.15) is 6.07 Å². The van der Waals surface area contributed by atoms with Crippen molar-refractivity contribution >= 4 is 21.1 Å². The minimum absolute atomic E-state index is 0.0481. The molecule has 3 heterocycles. The number of hydrogen-bond donors (Lipinski definition) is 1. The van der Waals surface area contributed by atoms with Crippen molar-refractivity contribution in [3.05, 3.63) is 29.6 Å². The van der Waals surface area contributed by atoms with Gasteiger partial charge in [0, 0.05) is 50.4 Å². The van der Waals surface area contributed by atoms with E-state index >= 15 is 0 Å². The van der Waals surface area contributed by atoms with E-state index in [4.69, 9.17) is 9.47 Å². The smallest absolute Gasteiger partial charge is 0.214 e. The predicted molar refractivity (Wildman–Crippen MR) is 131 cm³/mol. The summed E-state index contributed by atoms with van der Waals surface area (Å²) >= 11 is 0. The summed E-state index contributed by atoms with van der Waals surface area (Å²) in [6, 6.07) is 6.12. The molecule has 1 unspecified atom stereocenters. The Morgan fingerprint density at radius 3 is 2.71 bits per heavy atom. The van der Waals surface area contributed by atoms with E-state index in [2.05, 4.69) is 22.5 Å². The zero-order chi connectivity index (χ0) is 24.1. The van der Waals surface area contributed by atoms with Crippen LogP contribution < -0.4 is 5.43 Å². The average Bonchev–Trinajstić information content (AvgIpc) is 3.22. The highest BCUT2D eigenvalue weighted by atomic mass is 32.2. The zero-order valence-electron chi connectivity index (χ0n) is 20.1. The molecule has 0 spiro atoms. The minimum atomic E-state index is -3.31. The molecule has 1 aliphatic carbocycles. The van der Waals surface area contributed by atoms with Gasteiger partial charge in [0.15, 0.2) is 5.65 Å². The van der Waals surface area contributed by atoms with Gasteiger partial charge in [-0.2, -0.15) is 9.57 Å². The maximum atomic E-state index is 13.2. The van der Waals surface area contributed by atoms with Crippen molar-refractivity contribution in [1.29, 1.82) is 5.26 Å². The number of ether oxygens (including phenoxy) is 2. The minimum Gasteiger partial charge on any atom is -0.382 e. The molecule has 2 aromatic rings. The van der Waals surface area contributed by atoms with E-state index in [9.17, 15) is 13.7 Å². The zero-order valence-corrected chi connectivity index (χ0v) is 20.9. The van der Waals surface area contributed by atoms with Crippen molar-refractivity contribution in [2.45, 2.75) is 50.5 Å². The summed E-state index contributed by atoms with van der Waals surface area (Å²) in [5.74, 6) is 0.721. The average molecular weight is 490 g/mol. The van der Waals surface area contributed by atoms with Crippen molar-refractivity contribution in [3.63, 3.8) is 0 Å². The second kappa shape index (κ2) is 11.0. The second-order valence-electron chi connectivity index (χ2n) is 9.36. The van der Waals surface area contributed by atoms with Crippen molar-refractivity contribution in [3.8, 4) is 6.07 Å². The Hall–Kier alpha value is -2.19. The van der Waals surface area contributed by atoms with Crippen LogP contribution in [0.15, 0.2) is 18.3 Å². The van der Waals surface area contributed by atoms with Gasteiger partial charge >= 0.3 is 0 Å². The summed E-state index contributed by atoms with van der Waals surface area (Å²) in [5.41, 5.74) is 5.72. The third kappa shape index (κ3) is 5.54. The van der Waals surface area contributed by atoms with Crippen molar-refractivity contribution in [2.24, 2.45) is 5.92 Å². The Balaban J connectivity index is 1.36. The highest BCUT2D eigenvalue weighted by Gasteiger charge is 2.33. The van der Waals surface area contributed by atoms with E-state index < -0.39 is 10.0 Å². The molecule has 0 bridgehead atoms. The lowest BCUT2D eigenvalue weighted by Gasteiger charge is -2.34. The molecule has 1 saturated carbocycles. The molecule has 2 aliphatic rings. The predicted octanol–water partition coefficient (Wildman–Crippen LogP) is 2.81. The van der Waals surface area contributed by atoms with Gasteiger partial charge < -0.3 is 14.9 Å². The summed E-state index contributed by atoms with van der Waals surface area (Å²) in [4.78, 5) is 4.46. The number of rotatable bonds is 9.